The molecule has 0 unspecified atom stereocenters. The normalized spacial score (nSPS) is 13.1. The molecule has 7 nitrogen and oxygen atoms in total. The van der Waals surface area contributed by atoms with E-state index in [0.717, 1.165) is 5.75 Å². The van der Waals surface area contributed by atoms with Gasteiger partial charge in [-0.25, -0.2) is 19.6 Å². The zero-order valence-corrected chi connectivity index (χ0v) is 14.6. The van der Waals surface area contributed by atoms with E-state index < -0.39 is 28.1 Å². The summed E-state index contributed by atoms with van der Waals surface area (Å²) in [4.78, 5) is 33.2. The molecule has 0 saturated carbocycles. The van der Waals surface area contributed by atoms with E-state index in [4.69, 9.17) is 9.84 Å². The van der Waals surface area contributed by atoms with Crippen molar-refractivity contribution in [1.82, 2.24) is 10.6 Å². The number of unbranched alkanes of at least 4 members (excludes halogenated alkanes) is 1. The Morgan fingerprint density at radius 3 is 2.32 bits per heavy atom. The molecule has 0 fully saturated rings. The zero-order chi connectivity index (χ0) is 17.2. The van der Waals surface area contributed by atoms with Crippen molar-refractivity contribution in [3.63, 3.8) is 0 Å². The molecule has 0 aromatic rings. The van der Waals surface area contributed by atoms with E-state index in [0.29, 0.717) is 32.4 Å². The number of carbonyl (C=O) groups excluding carboxylic acids is 2. The number of rotatable bonds is 10. The molecular formula is C14H28N2O5S. The van der Waals surface area contributed by atoms with Crippen LogP contribution in [0.4, 0.5) is 4.79 Å². The van der Waals surface area contributed by atoms with E-state index in [9.17, 15) is 14.4 Å². The highest BCUT2D eigenvalue weighted by molar-refractivity contribution is 8.32. The number of aliphatic carboxylic acids is 1. The van der Waals surface area contributed by atoms with Gasteiger partial charge in [-0.1, -0.05) is 0 Å². The van der Waals surface area contributed by atoms with Gasteiger partial charge in [0.1, 0.15) is 12.6 Å². The largest absolute Gasteiger partial charge is 0.480 e. The Balaban J connectivity index is 3.72. The average Bonchev–Trinajstić information content (AvgIpc) is 2.34. The van der Waals surface area contributed by atoms with Gasteiger partial charge in [0.05, 0.1) is 0 Å². The van der Waals surface area contributed by atoms with E-state index in [-0.39, 0.29) is 5.91 Å². The molecule has 0 aromatic heterocycles. The van der Waals surface area contributed by atoms with Crippen molar-refractivity contribution in [3.8, 4) is 0 Å². The molecule has 0 aromatic carbocycles. The van der Waals surface area contributed by atoms with Crippen molar-refractivity contribution < 1.29 is 24.2 Å². The van der Waals surface area contributed by atoms with Crippen LogP contribution in [0.25, 0.3) is 0 Å². The van der Waals surface area contributed by atoms with Crippen LogP contribution >= 0.6 is 10.0 Å². The van der Waals surface area contributed by atoms with Crippen LogP contribution in [-0.4, -0.2) is 66.8 Å². The highest BCUT2D eigenvalue weighted by atomic mass is 32.3. The van der Waals surface area contributed by atoms with Crippen LogP contribution in [0.2, 0.25) is 0 Å². The third kappa shape index (κ3) is 12.3. The van der Waals surface area contributed by atoms with Crippen molar-refractivity contribution in [1.29, 1.82) is 0 Å². The third-order valence-electron chi connectivity index (χ3n) is 2.79. The lowest BCUT2D eigenvalue weighted by Gasteiger charge is -2.24. The Morgan fingerprint density at radius 2 is 1.82 bits per heavy atom. The van der Waals surface area contributed by atoms with Crippen molar-refractivity contribution in [2.75, 3.05) is 37.7 Å². The fraction of sp³-hybridized carbons (Fsp3) is 0.786. The molecule has 0 rings (SSSR count). The van der Waals surface area contributed by atoms with Gasteiger partial charge in [0.15, 0.2) is 0 Å². The number of carboxylic acid groups (broad SMARTS) is 1. The first kappa shape index (κ1) is 20.6. The minimum Gasteiger partial charge on any atom is -0.480 e. The molecule has 130 valence electrons. The van der Waals surface area contributed by atoms with Crippen LogP contribution in [0.5, 0.6) is 0 Å². The molecule has 0 heterocycles. The highest BCUT2D eigenvalue weighted by Crippen LogP contribution is 2.33. The quantitative estimate of drug-likeness (QED) is 0.519. The van der Waals surface area contributed by atoms with Crippen LogP contribution in [0.3, 0.4) is 0 Å². The number of amides is 2. The number of ether oxygens (including phenoxy) is 1. The summed E-state index contributed by atoms with van der Waals surface area (Å²) in [7, 11) is -0.672. The molecule has 0 aliphatic carbocycles. The van der Waals surface area contributed by atoms with E-state index in [1.807, 2.05) is 0 Å². The van der Waals surface area contributed by atoms with Gasteiger partial charge in [-0.05, 0) is 38.0 Å². The molecule has 0 spiro atoms. The van der Waals surface area contributed by atoms with Crippen LogP contribution in [0.15, 0.2) is 0 Å². The maximum atomic E-state index is 11.4. The van der Waals surface area contributed by atoms with Crippen LogP contribution in [-0.2, 0) is 14.3 Å². The molecule has 8 heteroatoms. The van der Waals surface area contributed by atoms with Crippen LogP contribution in [0.1, 0.15) is 26.2 Å². The van der Waals surface area contributed by atoms with Crippen molar-refractivity contribution in [3.05, 3.63) is 0 Å². The minimum absolute atomic E-state index is 0.332. The minimum atomic E-state index is -1.05. The van der Waals surface area contributed by atoms with Crippen LogP contribution in [0, 0.1) is 0 Å². The number of alkyl carbamates (subject to hydrolysis) is 1. The lowest BCUT2D eigenvalue weighted by molar-refractivity contribution is -0.141. The topological polar surface area (TPSA) is 105 Å². The van der Waals surface area contributed by atoms with Gasteiger partial charge < -0.3 is 20.5 Å². The molecule has 22 heavy (non-hydrogen) atoms. The van der Waals surface area contributed by atoms with Gasteiger partial charge in [0.2, 0.25) is 5.91 Å². The van der Waals surface area contributed by atoms with Gasteiger partial charge in [0.25, 0.3) is 0 Å². The van der Waals surface area contributed by atoms with Gasteiger partial charge >= 0.3 is 12.1 Å². The van der Waals surface area contributed by atoms with Gasteiger partial charge in [0, 0.05) is 19.2 Å². The summed E-state index contributed by atoms with van der Waals surface area (Å²) in [5.41, 5.74) is 0. The second kappa shape index (κ2) is 10.3. The second-order valence-electron chi connectivity index (χ2n) is 5.94. The van der Waals surface area contributed by atoms with Gasteiger partial charge in [-0.15, -0.1) is 0 Å². The van der Waals surface area contributed by atoms with Crippen LogP contribution < -0.4 is 10.6 Å². The molecule has 0 radical (unpaired) electrons. The van der Waals surface area contributed by atoms with Crippen molar-refractivity contribution in [2.24, 2.45) is 0 Å². The first-order chi connectivity index (χ1) is 10.1. The predicted molar refractivity (Wildman–Crippen MR) is 88.7 cm³/mol. The Hall–Kier alpha value is -1.44. The monoisotopic (exact) mass is 336 g/mol. The SMILES string of the molecule is CC(=O)N[C@@H](CCCCNC(=O)OCCS(C)(C)C)C(=O)O. The smallest absolute Gasteiger partial charge is 0.407 e. The average molecular weight is 336 g/mol. The first-order valence-electron chi connectivity index (χ1n) is 7.18. The standard InChI is InChI=1S/C14H28N2O5S/c1-11(17)16-12(13(18)19)7-5-6-8-15-14(20)21-9-10-22(2,3)4/h12H,5-10H2,1-4H3,(H,15,20)(H,16,17)(H,18,19)/t12-/m0/s1. The van der Waals surface area contributed by atoms with Crippen molar-refractivity contribution in [2.45, 2.75) is 32.2 Å². The summed E-state index contributed by atoms with van der Waals surface area (Å²) in [6.07, 6.45) is 7.57. The van der Waals surface area contributed by atoms with E-state index >= 15 is 0 Å². The fourth-order valence-electron chi connectivity index (χ4n) is 1.60. The summed E-state index contributed by atoms with van der Waals surface area (Å²) in [6.45, 7) is 2.12. The number of nitrogens with one attached hydrogen (secondary N) is 2. The molecule has 2 amide bonds. The Bertz CT molecular complexity index is 382. The predicted octanol–water partition coefficient (Wildman–Crippen LogP) is 1.17. The number of hydrogen-bond acceptors (Lipinski definition) is 4. The maximum absolute atomic E-state index is 11.4. The summed E-state index contributed by atoms with van der Waals surface area (Å²) in [6, 6.07) is -0.876. The Kier molecular flexibility index (Phi) is 9.64. The van der Waals surface area contributed by atoms with E-state index in [1.54, 1.807) is 0 Å². The molecule has 0 aliphatic heterocycles. The Labute approximate surface area is 133 Å². The Morgan fingerprint density at radius 1 is 1.18 bits per heavy atom. The maximum Gasteiger partial charge on any atom is 0.407 e. The highest BCUT2D eigenvalue weighted by Gasteiger charge is 2.17. The molecular weight excluding hydrogens is 308 g/mol. The zero-order valence-electron chi connectivity index (χ0n) is 13.8. The number of hydrogen-bond donors (Lipinski definition) is 3. The molecule has 0 aliphatic rings. The fourth-order valence-corrected chi connectivity index (χ4v) is 2.19. The first-order valence-corrected chi connectivity index (χ1v) is 10.2. The van der Waals surface area contributed by atoms with E-state index in [2.05, 4.69) is 29.4 Å². The summed E-state index contributed by atoms with van der Waals surface area (Å²) < 4.78 is 5.06. The number of carboxylic acids is 1. The third-order valence-corrected chi connectivity index (χ3v) is 4.18. The molecule has 1 atom stereocenters. The van der Waals surface area contributed by atoms with Gasteiger partial charge in [-0.2, -0.15) is 0 Å². The lowest BCUT2D eigenvalue weighted by atomic mass is 10.1. The molecule has 0 saturated heterocycles. The second-order valence-corrected chi connectivity index (χ2v) is 10.5. The lowest BCUT2D eigenvalue weighted by Crippen LogP contribution is -2.39. The van der Waals surface area contributed by atoms with E-state index in [1.165, 1.54) is 6.92 Å². The molecule has 0 bridgehead atoms. The number of carbonyl (C=O) groups is 3. The van der Waals surface area contributed by atoms with Crippen molar-refractivity contribution >= 4 is 28.0 Å². The summed E-state index contributed by atoms with van der Waals surface area (Å²) in [5, 5.41) is 13.9. The summed E-state index contributed by atoms with van der Waals surface area (Å²) >= 11 is 0. The summed E-state index contributed by atoms with van der Waals surface area (Å²) in [5.74, 6) is -0.542. The molecule has 3 N–H and O–H groups in total. The van der Waals surface area contributed by atoms with Gasteiger partial charge in [-0.3, -0.25) is 4.79 Å².